The molecule has 0 bridgehead atoms. The number of rotatable bonds is 4. The maximum absolute atomic E-state index is 12.2. The lowest BCUT2D eigenvalue weighted by Gasteiger charge is -2.31. The molecule has 6 heteroatoms. The van der Waals surface area contributed by atoms with Gasteiger partial charge in [-0.1, -0.05) is 0 Å². The predicted octanol–water partition coefficient (Wildman–Crippen LogP) is 1.31. The Morgan fingerprint density at radius 1 is 1.32 bits per heavy atom. The van der Waals surface area contributed by atoms with E-state index in [0.29, 0.717) is 38.0 Å². The Balaban J connectivity index is 1.82. The van der Waals surface area contributed by atoms with E-state index in [-0.39, 0.29) is 29.5 Å². The van der Waals surface area contributed by atoms with Crippen LogP contribution in [0.3, 0.4) is 0 Å². The third-order valence-electron chi connectivity index (χ3n) is 3.85. The van der Waals surface area contributed by atoms with Crippen molar-refractivity contribution >= 4 is 17.5 Å². The Labute approximate surface area is 130 Å². The average molecular weight is 305 g/mol. The van der Waals surface area contributed by atoms with Crippen LogP contribution in [0.2, 0.25) is 0 Å². The van der Waals surface area contributed by atoms with E-state index in [1.54, 1.807) is 17.0 Å². The van der Waals surface area contributed by atoms with Crippen LogP contribution >= 0.6 is 0 Å². The van der Waals surface area contributed by atoms with Crippen LogP contribution in [-0.4, -0.2) is 41.0 Å². The molecule has 1 saturated heterocycles. The van der Waals surface area contributed by atoms with Crippen LogP contribution in [0.5, 0.6) is 5.75 Å². The Kier molecular flexibility index (Phi) is 5.38. The van der Waals surface area contributed by atoms with Gasteiger partial charge in [0, 0.05) is 37.2 Å². The second-order valence-corrected chi connectivity index (χ2v) is 5.87. The first-order valence-corrected chi connectivity index (χ1v) is 7.59. The first kappa shape index (κ1) is 16.3. The maximum atomic E-state index is 12.2. The molecule has 2 amide bonds. The Hall–Kier alpha value is -2.08. The molecular formula is C16H23N3O3. The monoisotopic (exact) mass is 305 g/mol. The van der Waals surface area contributed by atoms with Gasteiger partial charge in [-0.2, -0.15) is 0 Å². The molecule has 1 aromatic rings. The SMILES string of the molecule is CC(N)CC(=O)N1CCC(C(=O)Nc2ccc(O)cc2)CC1. The van der Waals surface area contributed by atoms with Crippen molar-refractivity contribution in [3.63, 3.8) is 0 Å². The summed E-state index contributed by atoms with van der Waals surface area (Å²) >= 11 is 0. The summed E-state index contributed by atoms with van der Waals surface area (Å²) in [5, 5.41) is 12.1. The van der Waals surface area contributed by atoms with Gasteiger partial charge in [0.15, 0.2) is 0 Å². The number of nitrogens with zero attached hydrogens (tertiary/aromatic N) is 1. The minimum absolute atomic E-state index is 0.0371. The second-order valence-electron chi connectivity index (χ2n) is 5.87. The summed E-state index contributed by atoms with van der Waals surface area (Å²) in [5.41, 5.74) is 6.31. The number of nitrogens with two attached hydrogens (primary N) is 1. The highest BCUT2D eigenvalue weighted by molar-refractivity contribution is 5.92. The van der Waals surface area contributed by atoms with E-state index in [2.05, 4.69) is 5.32 Å². The number of benzene rings is 1. The molecule has 1 fully saturated rings. The number of phenolic OH excluding ortho intramolecular Hbond substituents is 1. The van der Waals surface area contributed by atoms with Gasteiger partial charge in [-0.25, -0.2) is 0 Å². The van der Waals surface area contributed by atoms with E-state index < -0.39 is 0 Å². The number of likely N-dealkylation sites (tertiary alicyclic amines) is 1. The normalized spacial score (nSPS) is 17.1. The van der Waals surface area contributed by atoms with Gasteiger partial charge < -0.3 is 21.1 Å². The lowest BCUT2D eigenvalue weighted by Crippen LogP contribution is -2.42. The van der Waals surface area contributed by atoms with Crippen molar-refractivity contribution in [1.82, 2.24) is 4.90 Å². The van der Waals surface area contributed by atoms with E-state index in [9.17, 15) is 14.7 Å². The van der Waals surface area contributed by atoms with Crippen molar-refractivity contribution in [1.29, 1.82) is 0 Å². The molecule has 1 atom stereocenters. The first-order chi connectivity index (χ1) is 10.5. The first-order valence-electron chi connectivity index (χ1n) is 7.59. The molecule has 0 saturated carbocycles. The summed E-state index contributed by atoms with van der Waals surface area (Å²) in [6, 6.07) is 6.25. The van der Waals surface area contributed by atoms with E-state index in [1.165, 1.54) is 12.1 Å². The lowest BCUT2D eigenvalue weighted by atomic mass is 9.95. The van der Waals surface area contributed by atoms with Crippen molar-refractivity contribution < 1.29 is 14.7 Å². The van der Waals surface area contributed by atoms with Gasteiger partial charge in [-0.15, -0.1) is 0 Å². The number of piperidine rings is 1. The number of nitrogens with one attached hydrogen (secondary N) is 1. The van der Waals surface area contributed by atoms with Gasteiger partial charge in [0.1, 0.15) is 5.75 Å². The summed E-state index contributed by atoms with van der Waals surface area (Å²) in [4.78, 5) is 25.9. The molecular weight excluding hydrogens is 282 g/mol. The molecule has 1 aliphatic rings. The fourth-order valence-corrected chi connectivity index (χ4v) is 2.58. The van der Waals surface area contributed by atoms with Crippen molar-refractivity contribution in [2.24, 2.45) is 11.7 Å². The van der Waals surface area contributed by atoms with Gasteiger partial charge in [0.25, 0.3) is 0 Å². The van der Waals surface area contributed by atoms with Crippen LogP contribution < -0.4 is 11.1 Å². The predicted molar refractivity (Wildman–Crippen MR) is 84.3 cm³/mol. The van der Waals surface area contributed by atoms with Crippen LogP contribution in [0.1, 0.15) is 26.2 Å². The highest BCUT2D eigenvalue weighted by Crippen LogP contribution is 2.21. The number of amides is 2. The standard InChI is InChI=1S/C16H23N3O3/c1-11(17)10-15(21)19-8-6-12(7-9-19)16(22)18-13-2-4-14(20)5-3-13/h2-5,11-12,20H,6-10,17H2,1H3,(H,18,22). The highest BCUT2D eigenvalue weighted by Gasteiger charge is 2.27. The number of carbonyl (C=O) groups excluding carboxylic acids is 2. The number of carbonyl (C=O) groups is 2. The molecule has 0 spiro atoms. The van der Waals surface area contributed by atoms with Crippen LogP contribution in [0.4, 0.5) is 5.69 Å². The Morgan fingerprint density at radius 3 is 2.45 bits per heavy atom. The zero-order chi connectivity index (χ0) is 16.1. The summed E-state index contributed by atoms with van der Waals surface area (Å²) < 4.78 is 0. The number of hydrogen-bond donors (Lipinski definition) is 3. The molecule has 0 radical (unpaired) electrons. The van der Waals surface area contributed by atoms with Crippen molar-refractivity contribution in [3.8, 4) is 5.75 Å². The molecule has 4 N–H and O–H groups in total. The molecule has 1 heterocycles. The van der Waals surface area contributed by atoms with Crippen LogP contribution in [0, 0.1) is 5.92 Å². The fraction of sp³-hybridized carbons (Fsp3) is 0.500. The molecule has 6 nitrogen and oxygen atoms in total. The minimum atomic E-state index is -0.136. The summed E-state index contributed by atoms with van der Waals surface area (Å²) in [7, 11) is 0. The topological polar surface area (TPSA) is 95.7 Å². The molecule has 120 valence electrons. The van der Waals surface area contributed by atoms with Gasteiger partial charge in [-0.05, 0) is 44.0 Å². The van der Waals surface area contributed by atoms with Gasteiger partial charge in [0.05, 0.1) is 0 Å². The molecule has 22 heavy (non-hydrogen) atoms. The van der Waals surface area contributed by atoms with Crippen LogP contribution in [0.25, 0.3) is 0 Å². The summed E-state index contributed by atoms with van der Waals surface area (Å²) in [6.45, 7) is 3.01. The maximum Gasteiger partial charge on any atom is 0.227 e. The number of anilines is 1. The van der Waals surface area contributed by atoms with Crippen LogP contribution in [-0.2, 0) is 9.59 Å². The quantitative estimate of drug-likeness (QED) is 0.731. The molecule has 1 aliphatic heterocycles. The zero-order valence-corrected chi connectivity index (χ0v) is 12.8. The van der Waals surface area contributed by atoms with E-state index in [1.807, 2.05) is 6.92 Å². The molecule has 0 aromatic heterocycles. The Bertz CT molecular complexity index is 520. The van der Waals surface area contributed by atoms with E-state index in [0.717, 1.165) is 0 Å². The van der Waals surface area contributed by atoms with E-state index >= 15 is 0 Å². The minimum Gasteiger partial charge on any atom is -0.508 e. The number of aromatic hydroxyl groups is 1. The smallest absolute Gasteiger partial charge is 0.227 e. The lowest BCUT2D eigenvalue weighted by molar-refractivity contribution is -0.134. The Morgan fingerprint density at radius 2 is 1.91 bits per heavy atom. The van der Waals surface area contributed by atoms with Gasteiger partial charge in [-0.3, -0.25) is 9.59 Å². The fourth-order valence-electron chi connectivity index (χ4n) is 2.58. The number of hydrogen-bond acceptors (Lipinski definition) is 4. The van der Waals surface area contributed by atoms with E-state index in [4.69, 9.17) is 5.73 Å². The third-order valence-corrected chi connectivity index (χ3v) is 3.85. The molecule has 1 aromatic carbocycles. The largest absolute Gasteiger partial charge is 0.508 e. The molecule has 0 aliphatic carbocycles. The second kappa shape index (κ2) is 7.26. The average Bonchev–Trinajstić information content (AvgIpc) is 2.49. The third kappa shape index (κ3) is 4.46. The van der Waals surface area contributed by atoms with Crippen molar-refractivity contribution in [3.05, 3.63) is 24.3 Å². The van der Waals surface area contributed by atoms with Gasteiger partial charge >= 0.3 is 0 Å². The van der Waals surface area contributed by atoms with Crippen molar-refractivity contribution in [2.45, 2.75) is 32.2 Å². The summed E-state index contributed by atoms with van der Waals surface area (Å²) in [5.74, 6) is 0.101. The highest BCUT2D eigenvalue weighted by atomic mass is 16.3. The molecule has 1 unspecified atom stereocenters. The summed E-state index contributed by atoms with van der Waals surface area (Å²) in [6.07, 6.45) is 1.67. The van der Waals surface area contributed by atoms with Gasteiger partial charge in [0.2, 0.25) is 11.8 Å². The van der Waals surface area contributed by atoms with Crippen LogP contribution in [0.15, 0.2) is 24.3 Å². The van der Waals surface area contributed by atoms with Crippen molar-refractivity contribution in [2.75, 3.05) is 18.4 Å². The zero-order valence-electron chi connectivity index (χ0n) is 12.8. The molecule has 2 rings (SSSR count). The number of phenols is 1.